The molecule has 0 spiro atoms. The van der Waals surface area contributed by atoms with Crippen LogP contribution in [-0.4, -0.2) is 90.7 Å². The number of nitrogens with one attached hydrogen (secondary N) is 3. The minimum absolute atomic E-state index is 0.00353. The van der Waals surface area contributed by atoms with Crippen LogP contribution < -0.4 is 24.8 Å². The summed E-state index contributed by atoms with van der Waals surface area (Å²) in [7, 11) is -4.46. The molecule has 3 saturated carbocycles. The normalized spacial score (nSPS) is 25.2. The van der Waals surface area contributed by atoms with E-state index >= 15 is 0 Å². The van der Waals surface area contributed by atoms with E-state index in [2.05, 4.69) is 15.6 Å². The number of alkyl carbamates (subject to hydrolysis) is 1. The molecule has 296 valence electrons. The van der Waals surface area contributed by atoms with Gasteiger partial charge in [-0.25, -0.2) is 18.7 Å². The first-order chi connectivity index (χ1) is 25.4. The molecular weight excluding hydrogens is 742 g/mol. The molecule has 4 aliphatic rings. The Kier molecular flexibility index (Phi) is 11.0. The molecule has 1 aromatic heterocycles. The molecule has 2 aromatic rings. The number of aromatic nitrogens is 1. The second kappa shape index (κ2) is 15.0. The number of fused-ring (bicyclic) bond motifs is 1. The number of hydrogen-bond donors (Lipinski definition) is 3. The minimum atomic E-state index is -4.46. The quantitative estimate of drug-likeness (QED) is 0.243. The number of hydrogen-bond acceptors (Lipinski definition) is 11. The fourth-order valence-electron chi connectivity index (χ4n) is 7.00. The third-order valence-electron chi connectivity index (χ3n) is 10.7. The monoisotopic (exact) mass is 791 g/mol. The van der Waals surface area contributed by atoms with Crippen molar-refractivity contribution >= 4 is 56.6 Å². The topological polar surface area (TPSA) is 192 Å². The van der Waals surface area contributed by atoms with Crippen LogP contribution in [0.5, 0.6) is 11.6 Å². The molecule has 0 radical (unpaired) electrons. The van der Waals surface area contributed by atoms with Gasteiger partial charge in [-0.2, -0.15) is 8.42 Å². The highest BCUT2D eigenvalue weighted by molar-refractivity contribution is 7.85. The summed E-state index contributed by atoms with van der Waals surface area (Å²) in [5, 5.41) is 6.54. The smallest absolute Gasteiger partial charge is 0.408 e. The van der Waals surface area contributed by atoms with Crippen molar-refractivity contribution < 1.29 is 46.0 Å². The molecule has 2 unspecified atom stereocenters. The number of ether oxygens (including phenoxy) is 3. The van der Waals surface area contributed by atoms with Crippen LogP contribution in [0.2, 0.25) is 5.02 Å². The molecule has 3 aliphatic carbocycles. The number of nitrogens with zero attached hydrogens (tertiary/aromatic N) is 2. The molecule has 6 rings (SSSR count). The molecule has 4 amide bonds. The lowest BCUT2D eigenvalue weighted by molar-refractivity contribution is -0.143. The van der Waals surface area contributed by atoms with E-state index in [1.807, 2.05) is 18.6 Å². The Bertz CT molecular complexity index is 1910. The summed E-state index contributed by atoms with van der Waals surface area (Å²) in [4.78, 5) is 61.4. The van der Waals surface area contributed by atoms with Crippen molar-refractivity contribution in [1.29, 1.82) is 0 Å². The predicted octanol–water partition coefficient (Wildman–Crippen LogP) is 4.54. The van der Waals surface area contributed by atoms with Gasteiger partial charge in [0, 0.05) is 17.9 Å². The zero-order chi connectivity index (χ0) is 39.2. The van der Waals surface area contributed by atoms with E-state index in [4.69, 9.17) is 30.0 Å². The fourth-order valence-corrected chi connectivity index (χ4v) is 8.37. The zero-order valence-electron chi connectivity index (χ0n) is 31.5. The van der Waals surface area contributed by atoms with Crippen LogP contribution >= 0.6 is 11.6 Å². The van der Waals surface area contributed by atoms with Crippen LogP contribution in [0.4, 0.5) is 4.79 Å². The summed E-state index contributed by atoms with van der Waals surface area (Å²) in [6, 6.07) is 4.59. The summed E-state index contributed by atoms with van der Waals surface area (Å²) < 4.78 is 50.5. The maximum atomic E-state index is 14.6. The van der Waals surface area contributed by atoms with Crippen molar-refractivity contribution in [2.75, 3.05) is 13.2 Å². The first-order valence-electron chi connectivity index (χ1n) is 18.6. The molecule has 2 heterocycles. The zero-order valence-corrected chi connectivity index (χ0v) is 33.1. The number of halogens is 1. The van der Waals surface area contributed by atoms with Gasteiger partial charge in [0.15, 0.2) is 0 Å². The number of amides is 4. The first-order valence-corrected chi connectivity index (χ1v) is 20.4. The van der Waals surface area contributed by atoms with Crippen LogP contribution in [0.1, 0.15) is 92.9 Å². The Hall–Kier alpha value is -3.89. The van der Waals surface area contributed by atoms with Crippen molar-refractivity contribution in [3.05, 3.63) is 29.3 Å². The average molecular weight is 792 g/mol. The van der Waals surface area contributed by atoms with E-state index < -0.39 is 68.9 Å². The standard InChI is InChI=1S/C37H50ClN5O10S/c1-7-21-19-37(21,33(46)42-54(48,49)53-36(6)15-16-36)41-31(44)26-17-23(51-27-18-28(50-8-2)39-29-24(27)13-10-14-25(29)38)20-43(26)32(45)30(35(3,4)5)40-34(47)52-22-11-9-12-22/h10,13-14,18,21-23,26,30H,7-9,11-12,15-17,19-20H2,1-6H3,(H,40,47)(H,41,44)(H,42,46)/t21?,23-,26?,30-,37-/m1/s1. The van der Waals surface area contributed by atoms with E-state index in [0.29, 0.717) is 47.5 Å². The molecule has 3 N–H and O–H groups in total. The van der Waals surface area contributed by atoms with Gasteiger partial charge < -0.3 is 29.7 Å². The summed E-state index contributed by atoms with van der Waals surface area (Å²) in [5.41, 5.74) is -2.77. The molecule has 1 aromatic carbocycles. The number of rotatable bonds is 14. The molecule has 15 nitrogen and oxygen atoms in total. The van der Waals surface area contributed by atoms with Gasteiger partial charge >= 0.3 is 16.4 Å². The fraction of sp³-hybridized carbons (Fsp3) is 0.649. The molecule has 0 bridgehead atoms. The lowest BCUT2D eigenvalue weighted by atomic mass is 9.85. The highest BCUT2D eigenvalue weighted by atomic mass is 35.5. The van der Waals surface area contributed by atoms with Gasteiger partial charge in [-0.3, -0.25) is 14.4 Å². The van der Waals surface area contributed by atoms with Gasteiger partial charge in [-0.1, -0.05) is 51.8 Å². The maximum Gasteiger partial charge on any atom is 0.408 e. The SMILES string of the molecule is CCOc1cc(O[C@@H]2CC(C(=O)N[C@]3(C(=O)NS(=O)(=O)OC4(C)CC4)CC3CC)N(C(=O)[C@@H](NC(=O)OC3CCC3)C(C)(C)C)C2)c2cccc(Cl)c2n1. The van der Waals surface area contributed by atoms with Crippen LogP contribution in [0.3, 0.4) is 0 Å². The lowest BCUT2D eigenvalue weighted by Crippen LogP contribution is -2.60. The van der Waals surface area contributed by atoms with Crippen molar-refractivity contribution in [2.45, 2.75) is 128 Å². The van der Waals surface area contributed by atoms with Crippen molar-refractivity contribution in [2.24, 2.45) is 11.3 Å². The Labute approximate surface area is 320 Å². The van der Waals surface area contributed by atoms with Gasteiger partial charge in [-0.15, -0.1) is 0 Å². The first kappa shape index (κ1) is 39.8. The number of likely N-dealkylation sites (tertiary alicyclic amines) is 1. The summed E-state index contributed by atoms with van der Waals surface area (Å²) in [6.07, 6.45) is 2.49. The number of carbonyl (C=O) groups excluding carboxylic acids is 4. The summed E-state index contributed by atoms with van der Waals surface area (Å²) in [6.45, 7) is 10.9. The Morgan fingerprint density at radius 3 is 2.43 bits per heavy atom. The van der Waals surface area contributed by atoms with Crippen LogP contribution in [-0.2, 0) is 33.6 Å². The molecular formula is C37H50ClN5O10S. The molecule has 4 fully saturated rings. The molecule has 1 saturated heterocycles. The number of benzene rings is 1. The van der Waals surface area contributed by atoms with Gasteiger partial charge in [0.25, 0.3) is 5.91 Å². The van der Waals surface area contributed by atoms with E-state index in [0.717, 1.165) is 19.3 Å². The highest BCUT2D eigenvalue weighted by Crippen LogP contribution is 2.47. The van der Waals surface area contributed by atoms with Gasteiger partial charge in [0.2, 0.25) is 17.7 Å². The average Bonchev–Trinajstić information content (AvgIpc) is 3.93. The van der Waals surface area contributed by atoms with E-state index in [1.165, 1.54) is 4.90 Å². The van der Waals surface area contributed by atoms with E-state index in [1.54, 1.807) is 52.0 Å². The Balaban J connectivity index is 1.29. The maximum absolute atomic E-state index is 14.6. The Morgan fingerprint density at radius 1 is 1.11 bits per heavy atom. The van der Waals surface area contributed by atoms with Crippen LogP contribution in [0, 0.1) is 11.3 Å². The second-order valence-corrected chi connectivity index (χ2v) is 17.8. The van der Waals surface area contributed by atoms with Crippen LogP contribution in [0.25, 0.3) is 10.9 Å². The third kappa shape index (κ3) is 8.65. The summed E-state index contributed by atoms with van der Waals surface area (Å²) in [5.74, 6) is -1.84. The second-order valence-electron chi connectivity index (χ2n) is 16.1. The largest absolute Gasteiger partial charge is 0.488 e. The van der Waals surface area contributed by atoms with Crippen LogP contribution in [0.15, 0.2) is 24.3 Å². The molecule has 1 aliphatic heterocycles. The lowest BCUT2D eigenvalue weighted by Gasteiger charge is -2.36. The predicted molar refractivity (Wildman–Crippen MR) is 198 cm³/mol. The Morgan fingerprint density at radius 2 is 1.83 bits per heavy atom. The number of pyridine rings is 1. The van der Waals surface area contributed by atoms with E-state index in [-0.39, 0.29) is 37.3 Å². The number of para-hydroxylation sites is 1. The molecule has 5 atom stereocenters. The minimum Gasteiger partial charge on any atom is -0.488 e. The van der Waals surface area contributed by atoms with Gasteiger partial charge in [0.1, 0.15) is 35.6 Å². The van der Waals surface area contributed by atoms with Crippen molar-refractivity contribution in [3.63, 3.8) is 0 Å². The molecule has 17 heteroatoms. The van der Waals surface area contributed by atoms with Crippen molar-refractivity contribution in [3.8, 4) is 11.6 Å². The molecule has 54 heavy (non-hydrogen) atoms. The highest BCUT2D eigenvalue weighted by Gasteiger charge is 2.62. The van der Waals surface area contributed by atoms with E-state index in [9.17, 15) is 27.6 Å². The van der Waals surface area contributed by atoms with Gasteiger partial charge in [-0.05, 0) is 75.8 Å². The van der Waals surface area contributed by atoms with Crippen molar-refractivity contribution in [1.82, 2.24) is 25.2 Å². The van der Waals surface area contributed by atoms with Gasteiger partial charge in [0.05, 0.1) is 29.3 Å². The third-order valence-corrected chi connectivity index (χ3v) is 12.1. The summed E-state index contributed by atoms with van der Waals surface area (Å²) >= 11 is 6.50. The number of carbonyl (C=O) groups is 4.